The van der Waals surface area contributed by atoms with Crippen molar-refractivity contribution in [1.29, 1.82) is 0 Å². The fraction of sp³-hybridized carbons (Fsp3) is 0.200. The molecule has 2 aliphatic rings. The van der Waals surface area contributed by atoms with Crippen LogP contribution < -0.4 is 0 Å². The summed E-state index contributed by atoms with van der Waals surface area (Å²) in [5, 5.41) is 45.2. The van der Waals surface area contributed by atoms with Crippen LogP contribution in [0.25, 0.3) is 22.3 Å². The van der Waals surface area contributed by atoms with E-state index in [1.807, 2.05) is 48.5 Å². The maximum Gasteiger partial charge on any atom is 0.269 e. The van der Waals surface area contributed by atoms with Gasteiger partial charge in [-0.1, -0.05) is 48.5 Å². The smallest absolute Gasteiger partial charge is 0.269 e. The Hall–Kier alpha value is -4.40. The zero-order valence-electron chi connectivity index (χ0n) is 20.3. The third kappa shape index (κ3) is 3.17. The van der Waals surface area contributed by atoms with Crippen LogP contribution in [0.4, 0.5) is 11.4 Å². The number of aliphatic hydroxyl groups is 2. The first-order chi connectivity index (χ1) is 18.4. The van der Waals surface area contributed by atoms with Crippen molar-refractivity contribution in [3.05, 3.63) is 127 Å². The van der Waals surface area contributed by atoms with Crippen LogP contribution >= 0.6 is 0 Å². The van der Waals surface area contributed by atoms with Gasteiger partial charge >= 0.3 is 0 Å². The van der Waals surface area contributed by atoms with E-state index in [9.17, 15) is 30.4 Å². The van der Waals surface area contributed by atoms with Gasteiger partial charge < -0.3 is 10.2 Å². The van der Waals surface area contributed by atoms with Crippen LogP contribution in [0, 0.1) is 20.2 Å². The van der Waals surface area contributed by atoms with Crippen LogP contribution in [0.5, 0.6) is 0 Å². The third-order valence-corrected chi connectivity index (χ3v) is 8.44. The van der Waals surface area contributed by atoms with Crippen molar-refractivity contribution in [3.8, 4) is 22.3 Å². The van der Waals surface area contributed by atoms with Crippen molar-refractivity contribution in [3.63, 3.8) is 0 Å². The van der Waals surface area contributed by atoms with Crippen LogP contribution in [0.15, 0.2) is 84.9 Å². The second-order valence-corrected chi connectivity index (χ2v) is 10.0. The molecule has 0 spiro atoms. The van der Waals surface area contributed by atoms with Crippen molar-refractivity contribution >= 4 is 11.4 Å². The molecule has 0 aliphatic heterocycles. The summed E-state index contributed by atoms with van der Waals surface area (Å²) < 4.78 is 0. The van der Waals surface area contributed by atoms with E-state index in [4.69, 9.17) is 0 Å². The SMILES string of the molecule is O=[N+]([O-])c1ccc2c(c1)C(CO)(CCC1(CO)c3ccccc3-c3ccc([N+](=O)[O-])cc31)c1ccccc1-2. The quantitative estimate of drug-likeness (QED) is 0.251. The highest BCUT2D eigenvalue weighted by atomic mass is 16.6. The lowest BCUT2D eigenvalue weighted by Gasteiger charge is -2.36. The van der Waals surface area contributed by atoms with E-state index in [-0.39, 0.29) is 24.6 Å². The largest absolute Gasteiger partial charge is 0.395 e. The highest BCUT2D eigenvalue weighted by Crippen LogP contribution is 2.57. The summed E-state index contributed by atoms with van der Waals surface area (Å²) >= 11 is 0. The van der Waals surface area contributed by atoms with Gasteiger partial charge in [0.15, 0.2) is 0 Å². The number of benzene rings is 4. The molecular weight excluding hydrogens is 484 g/mol. The van der Waals surface area contributed by atoms with Crippen molar-refractivity contribution in [2.45, 2.75) is 23.7 Å². The number of hydrogen-bond acceptors (Lipinski definition) is 6. The maximum atomic E-state index is 11.7. The highest BCUT2D eigenvalue weighted by Gasteiger charge is 2.49. The van der Waals surface area contributed by atoms with E-state index in [1.54, 1.807) is 24.3 Å². The van der Waals surface area contributed by atoms with Crippen LogP contribution in [-0.4, -0.2) is 33.3 Å². The predicted molar refractivity (Wildman–Crippen MR) is 142 cm³/mol. The fourth-order valence-corrected chi connectivity index (χ4v) is 6.58. The minimum atomic E-state index is -0.946. The first-order valence-corrected chi connectivity index (χ1v) is 12.4. The molecule has 0 bridgehead atoms. The molecule has 8 nitrogen and oxygen atoms in total. The van der Waals surface area contributed by atoms with E-state index in [2.05, 4.69) is 0 Å². The summed E-state index contributed by atoms with van der Waals surface area (Å²) in [4.78, 5) is 22.4. The lowest BCUT2D eigenvalue weighted by atomic mass is 9.67. The number of nitrogens with zero attached hydrogens (tertiary/aromatic N) is 2. The van der Waals surface area contributed by atoms with Gasteiger partial charge in [0.25, 0.3) is 11.4 Å². The molecule has 4 aromatic rings. The van der Waals surface area contributed by atoms with E-state index < -0.39 is 20.7 Å². The van der Waals surface area contributed by atoms with Crippen LogP contribution in [0.1, 0.15) is 35.1 Å². The number of rotatable bonds is 7. The molecule has 2 atom stereocenters. The molecule has 0 heterocycles. The number of aliphatic hydroxyl groups excluding tert-OH is 2. The van der Waals surface area contributed by atoms with Gasteiger partial charge in [-0.15, -0.1) is 0 Å². The predicted octanol–water partition coefficient (Wildman–Crippen LogP) is 5.50. The first kappa shape index (κ1) is 24.0. The first-order valence-electron chi connectivity index (χ1n) is 12.4. The molecule has 2 N–H and O–H groups in total. The number of non-ortho nitro benzene ring substituents is 2. The molecule has 2 aliphatic carbocycles. The molecule has 8 heteroatoms. The molecule has 0 saturated carbocycles. The van der Waals surface area contributed by atoms with Gasteiger partial charge in [0.05, 0.1) is 23.1 Å². The van der Waals surface area contributed by atoms with Crippen molar-refractivity contribution in [1.82, 2.24) is 0 Å². The van der Waals surface area contributed by atoms with Gasteiger partial charge in [-0.3, -0.25) is 20.2 Å². The molecule has 2 unspecified atom stereocenters. The second-order valence-electron chi connectivity index (χ2n) is 10.0. The van der Waals surface area contributed by atoms with Gasteiger partial charge in [0.2, 0.25) is 0 Å². The van der Waals surface area contributed by atoms with Crippen molar-refractivity contribution < 1.29 is 20.1 Å². The molecule has 0 saturated heterocycles. The molecule has 0 amide bonds. The number of hydrogen-bond donors (Lipinski definition) is 2. The Morgan fingerprint density at radius 1 is 0.553 bits per heavy atom. The zero-order chi connectivity index (χ0) is 26.7. The second kappa shape index (κ2) is 8.58. The van der Waals surface area contributed by atoms with Gasteiger partial charge in [0.1, 0.15) is 0 Å². The summed E-state index contributed by atoms with van der Waals surface area (Å²) in [5.74, 6) is 0. The molecule has 0 aromatic heterocycles. The summed E-state index contributed by atoms with van der Waals surface area (Å²) in [6, 6.07) is 24.8. The van der Waals surface area contributed by atoms with Crippen molar-refractivity contribution in [2.75, 3.05) is 13.2 Å². The van der Waals surface area contributed by atoms with Gasteiger partial charge in [0, 0.05) is 35.1 Å². The van der Waals surface area contributed by atoms with Crippen LogP contribution in [-0.2, 0) is 10.8 Å². The lowest BCUT2D eigenvalue weighted by molar-refractivity contribution is -0.385. The summed E-state index contributed by atoms with van der Waals surface area (Å²) in [6.07, 6.45) is 0.706. The Bertz CT molecular complexity index is 1510. The normalized spacial score (nSPS) is 20.4. The van der Waals surface area contributed by atoms with E-state index in [1.165, 1.54) is 12.1 Å². The molecule has 38 heavy (non-hydrogen) atoms. The Morgan fingerprint density at radius 2 is 0.921 bits per heavy atom. The molecule has 0 radical (unpaired) electrons. The molecule has 6 rings (SSSR count). The summed E-state index contributed by atoms with van der Waals surface area (Å²) in [6.45, 7) is -0.577. The molecular formula is C30H24N2O6. The average Bonchev–Trinajstić information content (AvgIpc) is 3.39. The monoisotopic (exact) mass is 508 g/mol. The summed E-state index contributed by atoms with van der Waals surface area (Å²) in [7, 11) is 0. The zero-order valence-corrected chi connectivity index (χ0v) is 20.3. The Labute approximate surface area is 218 Å². The highest BCUT2D eigenvalue weighted by molar-refractivity contribution is 5.84. The topological polar surface area (TPSA) is 127 Å². The molecule has 190 valence electrons. The van der Waals surface area contributed by atoms with Crippen molar-refractivity contribution in [2.24, 2.45) is 0 Å². The van der Waals surface area contributed by atoms with Crippen LogP contribution in [0.2, 0.25) is 0 Å². The standard InChI is InChI=1S/C30H24N2O6/c33-17-29(25-7-3-1-5-21(25)23-11-9-19(31(35)36)15-27(23)29)13-14-30(18-34)26-8-4-2-6-22(26)24-12-10-20(32(37)38)16-28(24)30/h1-12,15-16,33-34H,13-14,17-18H2. The minimum absolute atomic E-state index is 0.0570. The van der Waals surface area contributed by atoms with E-state index in [0.717, 1.165) is 33.4 Å². The Kier molecular flexibility index (Phi) is 5.41. The number of fused-ring (bicyclic) bond motifs is 6. The van der Waals surface area contributed by atoms with Gasteiger partial charge in [-0.25, -0.2) is 0 Å². The van der Waals surface area contributed by atoms with Gasteiger partial charge in [-0.2, -0.15) is 0 Å². The van der Waals surface area contributed by atoms with E-state index in [0.29, 0.717) is 24.0 Å². The van der Waals surface area contributed by atoms with E-state index >= 15 is 0 Å². The lowest BCUT2D eigenvalue weighted by Crippen LogP contribution is -2.36. The number of nitro benzene ring substituents is 2. The molecule has 4 aromatic carbocycles. The average molecular weight is 509 g/mol. The maximum absolute atomic E-state index is 11.7. The Morgan fingerprint density at radius 3 is 1.29 bits per heavy atom. The summed E-state index contributed by atoms with van der Waals surface area (Å²) in [5.41, 5.74) is 4.58. The minimum Gasteiger partial charge on any atom is -0.395 e. The fourth-order valence-electron chi connectivity index (χ4n) is 6.58. The Balaban J connectivity index is 1.53. The number of nitro groups is 2. The van der Waals surface area contributed by atoms with Gasteiger partial charge in [-0.05, 0) is 69.5 Å². The third-order valence-electron chi connectivity index (χ3n) is 8.44. The molecule has 0 fully saturated rings. The van der Waals surface area contributed by atoms with Crippen LogP contribution in [0.3, 0.4) is 0 Å².